The van der Waals surface area contributed by atoms with Crippen molar-refractivity contribution in [2.24, 2.45) is 0 Å². The highest BCUT2D eigenvalue weighted by Crippen LogP contribution is 2.19. The fourth-order valence-corrected chi connectivity index (χ4v) is 3.15. The Bertz CT molecular complexity index is 860. The van der Waals surface area contributed by atoms with Crippen molar-refractivity contribution >= 4 is 50.3 Å². The number of carbonyl (C=O) groups excluding carboxylic acids is 1. The summed E-state index contributed by atoms with van der Waals surface area (Å²) < 4.78 is 0.953. The summed E-state index contributed by atoms with van der Waals surface area (Å²) in [5.41, 5.74) is 8.84. The lowest BCUT2D eigenvalue weighted by Gasteiger charge is -2.11. The van der Waals surface area contributed by atoms with E-state index in [1.807, 2.05) is 48.5 Å². The van der Waals surface area contributed by atoms with E-state index in [-0.39, 0.29) is 11.7 Å². The quantitative estimate of drug-likeness (QED) is 0.434. The Hall–Kier alpha value is -2.25. The van der Waals surface area contributed by atoms with Crippen molar-refractivity contribution in [1.29, 1.82) is 0 Å². The summed E-state index contributed by atoms with van der Waals surface area (Å²) >= 11 is 4.75. The third-order valence-electron chi connectivity index (χ3n) is 3.23. The lowest BCUT2D eigenvalue weighted by atomic mass is 10.2. The molecule has 3 N–H and O–H groups in total. The second-order valence-corrected chi connectivity index (χ2v) is 6.89. The Kier molecular flexibility index (Phi) is 5.22. The topological polar surface area (TPSA) is 69.8 Å². The molecule has 0 saturated heterocycles. The molecule has 0 aliphatic carbocycles. The molecule has 0 atom stereocenters. The average Bonchev–Trinajstić information content (AvgIpc) is 3.00. The number of carbonyl (C=O) groups is 1. The first-order valence-electron chi connectivity index (χ1n) is 7.19. The van der Waals surface area contributed by atoms with E-state index in [9.17, 15) is 4.79 Å². The van der Waals surface area contributed by atoms with E-state index in [2.05, 4.69) is 43.3 Å². The van der Waals surface area contributed by atoms with Crippen LogP contribution in [0, 0.1) is 0 Å². The van der Waals surface area contributed by atoms with Gasteiger partial charge in [0.1, 0.15) is 0 Å². The number of hydrogen-bond acceptors (Lipinski definition) is 4. The number of aromatic amines is 1. The van der Waals surface area contributed by atoms with Crippen LogP contribution in [0.4, 0.5) is 0 Å². The maximum absolute atomic E-state index is 11.9. The molecule has 0 aliphatic heterocycles. The first kappa shape index (κ1) is 16.6. The first-order valence-corrected chi connectivity index (χ1v) is 8.97. The molecule has 0 radical (unpaired) electrons. The van der Waals surface area contributed by atoms with Gasteiger partial charge in [-0.15, -0.1) is 0 Å². The van der Waals surface area contributed by atoms with Crippen LogP contribution in [0.3, 0.4) is 0 Å². The predicted molar refractivity (Wildman–Crippen MR) is 101 cm³/mol. The van der Waals surface area contributed by atoms with Crippen LogP contribution in [0.25, 0.3) is 16.7 Å². The molecular weight excluding hydrogens is 388 g/mol. The number of nitrogens with zero attached hydrogens (tertiary/aromatic N) is 1. The number of benzene rings is 2. The van der Waals surface area contributed by atoms with Crippen molar-refractivity contribution in [3.8, 4) is 0 Å². The molecule has 0 fully saturated rings. The number of H-pyrrole nitrogens is 1. The molecule has 24 heavy (non-hydrogen) atoms. The second-order valence-electron chi connectivity index (χ2n) is 5.01. The molecule has 7 heteroatoms. The van der Waals surface area contributed by atoms with Gasteiger partial charge in [-0.3, -0.25) is 15.6 Å². The number of para-hydroxylation sites is 2. The minimum atomic E-state index is -0.156. The zero-order valence-corrected chi connectivity index (χ0v) is 15.1. The smallest absolute Gasteiger partial charge is 0.248 e. The standard InChI is InChI=1S/C17H15BrN4OS/c1-11(12-5-4-6-13(18)9-12)21-22-16(23)10-24-17-19-14-7-2-3-8-15(14)20-17/h2-9,21H,1,10H2,(H,19,20)(H,22,23). The molecule has 0 unspecified atom stereocenters. The Morgan fingerprint density at radius 2 is 2.04 bits per heavy atom. The van der Waals surface area contributed by atoms with Gasteiger partial charge in [-0.05, 0) is 29.8 Å². The lowest BCUT2D eigenvalue weighted by molar-refractivity contribution is -0.119. The molecule has 122 valence electrons. The highest BCUT2D eigenvalue weighted by molar-refractivity contribution is 9.10. The third-order valence-corrected chi connectivity index (χ3v) is 4.60. The number of hydrogen-bond donors (Lipinski definition) is 3. The highest BCUT2D eigenvalue weighted by Gasteiger charge is 2.07. The SMILES string of the molecule is C=C(NNC(=O)CSc1nc2ccccc2[nH]1)c1cccc(Br)c1. The molecule has 1 heterocycles. The molecule has 0 spiro atoms. The lowest BCUT2D eigenvalue weighted by Crippen LogP contribution is -2.37. The molecular formula is C17H15BrN4OS. The summed E-state index contributed by atoms with van der Waals surface area (Å²) in [6, 6.07) is 15.4. The molecule has 0 saturated carbocycles. The Morgan fingerprint density at radius 1 is 1.21 bits per heavy atom. The summed E-state index contributed by atoms with van der Waals surface area (Å²) in [7, 11) is 0. The zero-order chi connectivity index (χ0) is 16.9. The van der Waals surface area contributed by atoms with Crippen LogP contribution in [-0.4, -0.2) is 21.6 Å². The minimum Gasteiger partial charge on any atom is -0.333 e. The molecule has 5 nitrogen and oxygen atoms in total. The van der Waals surface area contributed by atoms with Crippen LogP contribution in [0.15, 0.2) is 64.7 Å². The van der Waals surface area contributed by atoms with Gasteiger partial charge in [-0.1, -0.05) is 58.5 Å². The molecule has 0 bridgehead atoms. The fraction of sp³-hybridized carbons (Fsp3) is 0.0588. The largest absolute Gasteiger partial charge is 0.333 e. The van der Waals surface area contributed by atoms with Crippen LogP contribution >= 0.6 is 27.7 Å². The number of imidazole rings is 1. The maximum Gasteiger partial charge on any atom is 0.248 e. The van der Waals surface area contributed by atoms with Crippen LogP contribution < -0.4 is 10.9 Å². The van der Waals surface area contributed by atoms with Gasteiger partial charge in [0.25, 0.3) is 0 Å². The molecule has 2 aromatic carbocycles. The van der Waals surface area contributed by atoms with Gasteiger partial charge in [0.15, 0.2) is 5.16 Å². The number of fused-ring (bicyclic) bond motifs is 1. The summed E-state index contributed by atoms with van der Waals surface area (Å²) in [5.74, 6) is 0.0927. The number of aromatic nitrogens is 2. The van der Waals surface area contributed by atoms with Gasteiger partial charge in [0.05, 0.1) is 22.5 Å². The van der Waals surface area contributed by atoms with E-state index in [4.69, 9.17) is 0 Å². The monoisotopic (exact) mass is 402 g/mol. The van der Waals surface area contributed by atoms with E-state index in [1.54, 1.807) is 0 Å². The molecule has 1 aromatic heterocycles. The van der Waals surface area contributed by atoms with Gasteiger partial charge in [0.2, 0.25) is 5.91 Å². The molecule has 0 aliphatic rings. The van der Waals surface area contributed by atoms with Crippen molar-refractivity contribution in [2.45, 2.75) is 5.16 Å². The fourth-order valence-electron chi connectivity index (χ4n) is 2.06. The molecule has 3 aromatic rings. The van der Waals surface area contributed by atoms with Crippen molar-refractivity contribution in [1.82, 2.24) is 20.8 Å². The van der Waals surface area contributed by atoms with E-state index >= 15 is 0 Å². The van der Waals surface area contributed by atoms with E-state index in [0.717, 1.165) is 26.2 Å². The molecule has 1 amide bonds. The van der Waals surface area contributed by atoms with Crippen molar-refractivity contribution in [2.75, 3.05) is 5.75 Å². The van der Waals surface area contributed by atoms with Crippen molar-refractivity contribution in [3.63, 3.8) is 0 Å². The van der Waals surface area contributed by atoms with Gasteiger partial charge < -0.3 is 4.98 Å². The van der Waals surface area contributed by atoms with Gasteiger partial charge >= 0.3 is 0 Å². The van der Waals surface area contributed by atoms with E-state index in [0.29, 0.717) is 5.70 Å². The number of rotatable bonds is 6. The molecule has 3 rings (SSSR count). The Balaban J connectivity index is 1.49. The van der Waals surface area contributed by atoms with Crippen molar-refractivity contribution < 1.29 is 4.79 Å². The normalized spacial score (nSPS) is 10.5. The Labute approximate surface area is 152 Å². The summed E-state index contributed by atoms with van der Waals surface area (Å²) in [4.78, 5) is 19.5. The first-order chi connectivity index (χ1) is 11.6. The number of amides is 1. The van der Waals surface area contributed by atoms with Crippen LogP contribution in [0.5, 0.6) is 0 Å². The van der Waals surface area contributed by atoms with Gasteiger partial charge in [-0.25, -0.2) is 4.98 Å². The summed E-state index contributed by atoms with van der Waals surface area (Å²) in [5, 5.41) is 0.720. The number of halogens is 1. The van der Waals surface area contributed by atoms with Crippen LogP contribution in [0.2, 0.25) is 0 Å². The van der Waals surface area contributed by atoms with Crippen LogP contribution in [0.1, 0.15) is 5.56 Å². The Morgan fingerprint density at radius 3 is 2.83 bits per heavy atom. The number of hydrazine groups is 1. The van der Waals surface area contributed by atoms with E-state index < -0.39 is 0 Å². The number of nitrogens with one attached hydrogen (secondary N) is 3. The van der Waals surface area contributed by atoms with Crippen molar-refractivity contribution in [3.05, 3.63) is 65.1 Å². The van der Waals surface area contributed by atoms with Gasteiger partial charge in [-0.2, -0.15) is 0 Å². The minimum absolute atomic E-state index is 0.156. The summed E-state index contributed by atoms with van der Waals surface area (Å²) in [6.45, 7) is 3.91. The number of thioether (sulfide) groups is 1. The highest BCUT2D eigenvalue weighted by atomic mass is 79.9. The van der Waals surface area contributed by atoms with Gasteiger partial charge in [0, 0.05) is 4.47 Å². The van der Waals surface area contributed by atoms with E-state index in [1.165, 1.54) is 11.8 Å². The second kappa shape index (κ2) is 7.55. The average molecular weight is 403 g/mol. The van der Waals surface area contributed by atoms with Crippen LogP contribution in [-0.2, 0) is 4.79 Å². The maximum atomic E-state index is 11.9. The summed E-state index contributed by atoms with van der Waals surface area (Å²) in [6.07, 6.45) is 0. The zero-order valence-electron chi connectivity index (χ0n) is 12.7. The third kappa shape index (κ3) is 4.18. The predicted octanol–water partition coefficient (Wildman–Crippen LogP) is 3.71.